The van der Waals surface area contributed by atoms with Gasteiger partial charge in [0, 0.05) is 25.4 Å². The van der Waals surface area contributed by atoms with Crippen LogP contribution in [-0.2, 0) is 14.3 Å². The van der Waals surface area contributed by atoms with Crippen LogP contribution in [0.25, 0.3) is 0 Å². The van der Waals surface area contributed by atoms with E-state index >= 15 is 0 Å². The molecule has 0 fully saturated rings. The summed E-state index contributed by atoms with van der Waals surface area (Å²) in [6, 6.07) is -0.398. The maximum Gasteiger partial charge on any atom is 0.314 e. The van der Waals surface area contributed by atoms with Gasteiger partial charge in [-0.3, -0.25) is 4.79 Å². The summed E-state index contributed by atoms with van der Waals surface area (Å²) in [5, 5.41) is 50.0. The van der Waals surface area contributed by atoms with Crippen molar-refractivity contribution in [3.8, 4) is 0 Å². The summed E-state index contributed by atoms with van der Waals surface area (Å²) >= 11 is 0. The van der Waals surface area contributed by atoms with Gasteiger partial charge in [0.1, 0.15) is 12.2 Å². The van der Waals surface area contributed by atoms with Gasteiger partial charge in [-0.25, -0.2) is 4.79 Å². The van der Waals surface area contributed by atoms with Crippen LogP contribution in [0.5, 0.6) is 0 Å². The van der Waals surface area contributed by atoms with E-state index in [4.69, 9.17) is 35.0 Å². The number of hydrogen-bond donors (Lipinski definition) is 7. The number of rotatable bonds is 18. The molecule has 0 heterocycles. The van der Waals surface area contributed by atoms with Crippen molar-refractivity contribution < 1.29 is 44.6 Å². The fraction of sp³-hybridized carbons (Fsp3) is 0.882. The van der Waals surface area contributed by atoms with Crippen LogP contribution in [0.15, 0.2) is 0 Å². The highest BCUT2D eigenvalue weighted by molar-refractivity contribution is 5.73. The van der Waals surface area contributed by atoms with Gasteiger partial charge in [-0.05, 0) is 12.8 Å². The summed E-state index contributed by atoms with van der Waals surface area (Å²) in [4.78, 5) is 22.2. The summed E-state index contributed by atoms with van der Waals surface area (Å²) < 4.78 is 10.7. The smallest absolute Gasteiger partial charge is 0.314 e. The molecule has 0 aromatic rings. The lowest BCUT2D eigenvalue weighted by atomic mass is 10.1. The molecule has 0 saturated heterocycles. The number of carbonyl (C=O) groups is 2. The van der Waals surface area contributed by atoms with E-state index in [0.29, 0.717) is 25.8 Å². The van der Waals surface area contributed by atoms with Crippen LogP contribution in [-0.4, -0.2) is 102 Å². The average Bonchev–Trinajstić information content (AvgIpc) is 2.69. The van der Waals surface area contributed by atoms with Crippen LogP contribution in [0, 0.1) is 5.92 Å². The van der Waals surface area contributed by atoms with Crippen LogP contribution in [0.1, 0.15) is 25.7 Å². The van der Waals surface area contributed by atoms with E-state index in [9.17, 15) is 9.59 Å². The lowest BCUT2D eigenvalue weighted by Gasteiger charge is -2.22. The molecule has 0 unspecified atom stereocenters. The number of nitrogens with one attached hydrogen (secondary N) is 2. The minimum Gasteiger partial charge on any atom is -0.481 e. The Morgan fingerprint density at radius 1 is 0.786 bits per heavy atom. The van der Waals surface area contributed by atoms with E-state index < -0.39 is 24.2 Å². The Bertz CT molecular complexity index is 388. The molecule has 2 amide bonds. The van der Waals surface area contributed by atoms with Crippen LogP contribution in [0.4, 0.5) is 4.79 Å². The fourth-order valence-electron chi connectivity index (χ4n) is 2.12. The highest BCUT2D eigenvalue weighted by Crippen LogP contribution is 2.04. The molecule has 166 valence electrons. The van der Waals surface area contributed by atoms with Gasteiger partial charge in [0.15, 0.2) is 0 Å². The molecule has 0 radical (unpaired) electrons. The number of hydrogen-bond acceptors (Lipinski definition) is 8. The Balaban J connectivity index is 4.21. The molecular formula is C17H34N2O9. The molecule has 11 nitrogen and oxygen atoms in total. The van der Waals surface area contributed by atoms with Gasteiger partial charge in [0.05, 0.1) is 39.6 Å². The third-order valence-electron chi connectivity index (χ3n) is 3.85. The first kappa shape index (κ1) is 26.5. The van der Waals surface area contributed by atoms with Crippen molar-refractivity contribution in [2.45, 2.75) is 37.9 Å². The van der Waals surface area contributed by atoms with Crippen molar-refractivity contribution in [2.75, 3.05) is 52.7 Å². The molecule has 11 heteroatoms. The van der Waals surface area contributed by atoms with Gasteiger partial charge < -0.3 is 45.6 Å². The normalized spacial score (nSPS) is 11.4. The number of aliphatic hydroxyl groups is 4. The summed E-state index contributed by atoms with van der Waals surface area (Å²) in [5.74, 6) is -1.17. The second kappa shape index (κ2) is 17.6. The number of amides is 2. The second-order valence-corrected chi connectivity index (χ2v) is 6.35. The molecule has 0 aliphatic heterocycles. The molecule has 0 aromatic carbocycles. The Hall–Kier alpha value is -1.50. The second-order valence-electron chi connectivity index (χ2n) is 6.35. The summed E-state index contributed by atoms with van der Waals surface area (Å²) in [6.45, 7) is -0.637. The van der Waals surface area contributed by atoms with Gasteiger partial charge in [-0.2, -0.15) is 0 Å². The predicted molar refractivity (Wildman–Crippen MR) is 98.8 cm³/mol. The topological polar surface area (TPSA) is 178 Å². The molecule has 0 spiro atoms. The maximum atomic E-state index is 11.8. The minimum absolute atomic E-state index is 0.0881. The lowest BCUT2D eigenvalue weighted by Crippen LogP contribution is -2.41. The Labute approximate surface area is 164 Å². The Morgan fingerprint density at radius 2 is 1.32 bits per heavy atom. The van der Waals surface area contributed by atoms with Crippen LogP contribution in [0.2, 0.25) is 0 Å². The first-order valence-electron chi connectivity index (χ1n) is 9.36. The van der Waals surface area contributed by atoms with Gasteiger partial charge in [0.2, 0.25) is 0 Å². The largest absolute Gasteiger partial charge is 0.481 e. The lowest BCUT2D eigenvalue weighted by molar-refractivity contribution is -0.137. The van der Waals surface area contributed by atoms with Gasteiger partial charge in [0.25, 0.3) is 0 Å². The molecule has 0 bridgehead atoms. The zero-order valence-corrected chi connectivity index (χ0v) is 16.1. The van der Waals surface area contributed by atoms with E-state index in [1.54, 1.807) is 0 Å². The molecule has 28 heavy (non-hydrogen) atoms. The SMILES string of the molecule is O=C(O)CCCCCNC(=O)NCC(COC(CO)CO)COC(CO)CO. The van der Waals surface area contributed by atoms with Crippen LogP contribution in [0.3, 0.4) is 0 Å². The maximum absolute atomic E-state index is 11.8. The fourth-order valence-corrected chi connectivity index (χ4v) is 2.12. The molecule has 0 rings (SSSR count). The van der Waals surface area contributed by atoms with E-state index in [2.05, 4.69) is 10.6 Å². The highest BCUT2D eigenvalue weighted by Gasteiger charge is 2.17. The number of unbranched alkanes of at least 4 members (excludes halogenated alkanes) is 2. The zero-order chi connectivity index (χ0) is 21.2. The zero-order valence-electron chi connectivity index (χ0n) is 16.1. The summed E-state index contributed by atoms with van der Waals surface area (Å²) in [7, 11) is 0. The van der Waals surface area contributed by atoms with Crippen molar-refractivity contribution >= 4 is 12.0 Å². The number of urea groups is 1. The highest BCUT2D eigenvalue weighted by atomic mass is 16.5. The molecule has 0 aliphatic carbocycles. The number of aliphatic hydroxyl groups excluding tert-OH is 4. The number of carboxylic acid groups (broad SMARTS) is 1. The van der Waals surface area contributed by atoms with Crippen molar-refractivity contribution in [3.63, 3.8) is 0 Å². The number of carbonyl (C=O) groups excluding carboxylic acids is 1. The van der Waals surface area contributed by atoms with E-state index in [1.165, 1.54) is 0 Å². The van der Waals surface area contributed by atoms with Gasteiger partial charge >= 0.3 is 12.0 Å². The predicted octanol–water partition coefficient (Wildman–Crippen LogP) is -1.71. The third-order valence-corrected chi connectivity index (χ3v) is 3.85. The molecular weight excluding hydrogens is 376 g/mol. The third kappa shape index (κ3) is 14.5. The van der Waals surface area contributed by atoms with Crippen molar-refractivity contribution in [2.24, 2.45) is 5.92 Å². The molecule has 0 atom stereocenters. The Kier molecular flexibility index (Phi) is 16.6. The van der Waals surface area contributed by atoms with Gasteiger partial charge in [-0.1, -0.05) is 6.42 Å². The molecule has 0 saturated carbocycles. The first-order chi connectivity index (χ1) is 13.5. The standard InChI is InChI=1S/C17H34N2O9/c20-7-14(8-21)27-11-13(12-28-15(9-22)10-23)6-19-17(26)18-5-3-1-2-4-16(24)25/h13-15,20-23H,1-12H2,(H,24,25)(H2,18,19,26). The molecule has 7 N–H and O–H groups in total. The van der Waals surface area contributed by atoms with Crippen LogP contribution >= 0.6 is 0 Å². The number of ether oxygens (including phenoxy) is 2. The van der Waals surface area contributed by atoms with E-state index in [1.807, 2.05) is 0 Å². The van der Waals surface area contributed by atoms with Crippen molar-refractivity contribution in [3.05, 3.63) is 0 Å². The van der Waals surface area contributed by atoms with Gasteiger partial charge in [-0.15, -0.1) is 0 Å². The van der Waals surface area contributed by atoms with E-state index in [-0.39, 0.29) is 58.5 Å². The number of carboxylic acids is 1. The summed E-state index contributed by atoms with van der Waals surface area (Å²) in [5.41, 5.74) is 0. The number of aliphatic carboxylic acids is 1. The van der Waals surface area contributed by atoms with Crippen LogP contribution < -0.4 is 10.6 Å². The quantitative estimate of drug-likeness (QED) is 0.130. The van der Waals surface area contributed by atoms with Crippen molar-refractivity contribution in [1.82, 2.24) is 10.6 Å². The van der Waals surface area contributed by atoms with Crippen molar-refractivity contribution in [1.29, 1.82) is 0 Å². The molecule has 0 aromatic heterocycles. The summed E-state index contributed by atoms with van der Waals surface area (Å²) in [6.07, 6.45) is 0.550. The Morgan fingerprint density at radius 3 is 1.79 bits per heavy atom. The molecule has 0 aliphatic rings. The van der Waals surface area contributed by atoms with E-state index in [0.717, 1.165) is 0 Å². The minimum atomic E-state index is -0.838. The monoisotopic (exact) mass is 410 g/mol. The first-order valence-corrected chi connectivity index (χ1v) is 9.36. The average molecular weight is 410 g/mol.